The lowest BCUT2D eigenvalue weighted by atomic mass is 10.1. The smallest absolute Gasteiger partial charge is 0.335 e. The molecule has 1 aliphatic rings. The van der Waals surface area contributed by atoms with E-state index < -0.39 is 16.0 Å². The zero-order chi connectivity index (χ0) is 14.9. The van der Waals surface area contributed by atoms with Gasteiger partial charge < -0.3 is 5.11 Å². The number of hydrogen-bond donors (Lipinski definition) is 1. The van der Waals surface area contributed by atoms with Gasteiger partial charge in [0.2, 0.25) is 10.0 Å². The largest absolute Gasteiger partial charge is 0.478 e. The number of hydrogen-bond acceptors (Lipinski definition) is 3. The van der Waals surface area contributed by atoms with Crippen LogP contribution in [0, 0.1) is 0 Å². The maximum Gasteiger partial charge on any atom is 0.335 e. The lowest BCUT2D eigenvalue weighted by Gasteiger charge is -2.21. The number of benzene rings is 1. The fraction of sp³-hybridized carbons (Fsp3) is 0.500. The minimum absolute atomic E-state index is 0.00706. The number of carbonyl (C=O) groups is 1. The van der Waals surface area contributed by atoms with Gasteiger partial charge in [0.15, 0.2) is 0 Å². The Hall–Kier alpha value is -1.40. The predicted octanol–water partition coefficient (Wildman–Crippen LogP) is 2.12. The van der Waals surface area contributed by atoms with Crippen molar-refractivity contribution < 1.29 is 18.3 Å². The summed E-state index contributed by atoms with van der Waals surface area (Å²) >= 11 is 0. The number of aromatic carboxylic acids is 1. The zero-order valence-electron chi connectivity index (χ0n) is 11.7. The topological polar surface area (TPSA) is 74.7 Å². The van der Waals surface area contributed by atoms with E-state index in [-0.39, 0.29) is 16.5 Å². The number of sulfonamides is 1. The van der Waals surface area contributed by atoms with Crippen LogP contribution in [0.25, 0.3) is 0 Å². The van der Waals surface area contributed by atoms with Crippen LogP contribution in [0.3, 0.4) is 0 Å². The van der Waals surface area contributed by atoms with Gasteiger partial charge in [0.1, 0.15) is 0 Å². The molecule has 1 aromatic carbocycles. The molecule has 1 saturated carbocycles. The van der Waals surface area contributed by atoms with Crippen LogP contribution in [0.4, 0.5) is 0 Å². The fourth-order valence-corrected chi connectivity index (χ4v) is 4.35. The second kappa shape index (κ2) is 5.54. The van der Waals surface area contributed by atoms with Gasteiger partial charge in [0, 0.05) is 12.6 Å². The van der Waals surface area contributed by atoms with Gasteiger partial charge in [-0.15, -0.1) is 0 Å². The van der Waals surface area contributed by atoms with Gasteiger partial charge in [-0.05, 0) is 37.0 Å². The van der Waals surface area contributed by atoms with Gasteiger partial charge in [-0.25, -0.2) is 13.2 Å². The molecular formula is C14H19NO4S. The highest BCUT2D eigenvalue weighted by Crippen LogP contribution is 2.33. The Balaban J connectivity index is 2.53. The molecule has 110 valence electrons. The average molecular weight is 297 g/mol. The molecule has 0 bridgehead atoms. The molecule has 1 aliphatic carbocycles. The molecule has 0 saturated heterocycles. The summed E-state index contributed by atoms with van der Waals surface area (Å²) in [5, 5.41) is 9.05. The highest BCUT2D eigenvalue weighted by Gasteiger charge is 2.37. The van der Waals surface area contributed by atoms with E-state index in [9.17, 15) is 13.2 Å². The molecule has 6 heteroatoms. The number of nitrogens with zero attached hydrogens (tertiary/aromatic N) is 1. The van der Waals surface area contributed by atoms with Crippen LogP contribution < -0.4 is 0 Å². The quantitative estimate of drug-likeness (QED) is 0.872. The normalized spacial score (nSPS) is 15.6. The standard InChI is InChI=1S/C14H19NO4S/c1-3-10-5-6-11(14(16)17)9-13(10)20(18,19)15(4-2)12-7-8-12/h5-6,9,12H,3-4,7-8H2,1-2H3,(H,16,17). The first-order valence-corrected chi connectivity index (χ1v) is 8.23. The summed E-state index contributed by atoms with van der Waals surface area (Å²) in [5.74, 6) is -1.11. The molecule has 0 radical (unpaired) electrons. The SMILES string of the molecule is CCc1ccc(C(=O)O)cc1S(=O)(=O)N(CC)C1CC1. The van der Waals surface area contributed by atoms with Crippen molar-refractivity contribution in [3.63, 3.8) is 0 Å². The Bertz CT molecular complexity index is 620. The summed E-state index contributed by atoms with van der Waals surface area (Å²) in [6.45, 7) is 4.08. The van der Waals surface area contributed by atoms with Gasteiger partial charge in [-0.1, -0.05) is 19.9 Å². The van der Waals surface area contributed by atoms with Crippen LogP contribution in [-0.2, 0) is 16.4 Å². The first-order valence-electron chi connectivity index (χ1n) is 6.79. The van der Waals surface area contributed by atoms with Crippen LogP contribution in [-0.4, -0.2) is 36.4 Å². The molecular weight excluding hydrogens is 278 g/mol. The van der Waals surface area contributed by atoms with Gasteiger partial charge in [-0.2, -0.15) is 4.31 Å². The second-order valence-electron chi connectivity index (χ2n) is 4.92. The third kappa shape index (κ3) is 2.71. The van der Waals surface area contributed by atoms with Crippen LogP contribution in [0.5, 0.6) is 0 Å². The molecule has 0 aliphatic heterocycles. The van der Waals surface area contributed by atoms with Gasteiger partial charge in [0.25, 0.3) is 0 Å². The van der Waals surface area contributed by atoms with E-state index >= 15 is 0 Å². The van der Waals surface area contributed by atoms with Crippen LogP contribution >= 0.6 is 0 Å². The Morgan fingerprint density at radius 1 is 1.35 bits per heavy atom. The molecule has 1 aromatic rings. The summed E-state index contributed by atoms with van der Waals surface area (Å²) in [6.07, 6.45) is 2.32. The average Bonchev–Trinajstić information content (AvgIpc) is 3.23. The lowest BCUT2D eigenvalue weighted by molar-refractivity contribution is 0.0696. The highest BCUT2D eigenvalue weighted by molar-refractivity contribution is 7.89. The Kier molecular flexibility index (Phi) is 4.15. The van der Waals surface area contributed by atoms with Gasteiger partial charge in [-0.3, -0.25) is 0 Å². The number of carboxylic acid groups (broad SMARTS) is 1. The third-order valence-corrected chi connectivity index (χ3v) is 5.66. The maximum absolute atomic E-state index is 12.7. The maximum atomic E-state index is 12.7. The molecule has 1 N–H and O–H groups in total. The van der Waals surface area contributed by atoms with Gasteiger partial charge >= 0.3 is 5.97 Å². The number of aryl methyl sites for hydroxylation is 1. The van der Waals surface area contributed by atoms with Crippen LogP contribution in [0.15, 0.2) is 23.1 Å². The lowest BCUT2D eigenvalue weighted by Crippen LogP contribution is -2.33. The molecule has 0 amide bonds. The number of rotatable bonds is 6. The van der Waals surface area contributed by atoms with Crippen molar-refractivity contribution >= 4 is 16.0 Å². The minimum atomic E-state index is -3.62. The Morgan fingerprint density at radius 2 is 2.00 bits per heavy atom. The molecule has 2 rings (SSSR count). The van der Waals surface area contributed by atoms with E-state index in [1.165, 1.54) is 16.4 Å². The van der Waals surface area contributed by atoms with E-state index in [0.29, 0.717) is 18.5 Å². The summed E-state index contributed by atoms with van der Waals surface area (Å²) < 4.78 is 26.9. The molecule has 5 nitrogen and oxygen atoms in total. The molecule has 1 fully saturated rings. The van der Waals surface area contributed by atoms with E-state index in [4.69, 9.17) is 5.11 Å². The van der Waals surface area contributed by atoms with Crippen molar-refractivity contribution in [3.05, 3.63) is 29.3 Å². The van der Waals surface area contributed by atoms with E-state index in [1.54, 1.807) is 6.07 Å². The van der Waals surface area contributed by atoms with E-state index in [2.05, 4.69) is 0 Å². The van der Waals surface area contributed by atoms with Crippen molar-refractivity contribution in [3.8, 4) is 0 Å². The fourth-order valence-electron chi connectivity index (χ4n) is 2.33. The first-order chi connectivity index (χ1) is 9.41. The van der Waals surface area contributed by atoms with E-state index in [0.717, 1.165) is 12.8 Å². The van der Waals surface area contributed by atoms with Crippen LogP contribution in [0.1, 0.15) is 42.6 Å². The van der Waals surface area contributed by atoms with Crippen molar-refractivity contribution in [2.75, 3.05) is 6.54 Å². The van der Waals surface area contributed by atoms with E-state index in [1.807, 2.05) is 13.8 Å². The summed E-state index contributed by atoms with van der Waals surface area (Å²) in [6, 6.07) is 4.40. The monoisotopic (exact) mass is 297 g/mol. The van der Waals surface area contributed by atoms with Crippen molar-refractivity contribution in [1.29, 1.82) is 0 Å². The summed E-state index contributed by atoms with van der Waals surface area (Å²) in [5.41, 5.74) is 0.668. The molecule has 0 unspecified atom stereocenters. The Labute approximate surface area is 119 Å². The molecule has 0 spiro atoms. The van der Waals surface area contributed by atoms with Crippen molar-refractivity contribution in [2.45, 2.75) is 44.0 Å². The molecule has 20 heavy (non-hydrogen) atoms. The third-order valence-electron chi connectivity index (χ3n) is 3.55. The summed E-state index contributed by atoms with van der Waals surface area (Å²) in [7, 11) is -3.62. The second-order valence-corrected chi connectivity index (χ2v) is 6.78. The van der Waals surface area contributed by atoms with Crippen LogP contribution in [0.2, 0.25) is 0 Å². The van der Waals surface area contributed by atoms with Crippen molar-refractivity contribution in [2.24, 2.45) is 0 Å². The highest BCUT2D eigenvalue weighted by atomic mass is 32.2. The minimum Gasteiger partial charge on any atom is -0.478 e. The predicted molar refractivity (Wildman–Crippen MR) is 75.4 cm³/mol. The first kappa shape index (κ1) is 15.0. The zero-order valence-corrected chi connectivity index (χ0v) is 12.5. The van der Waals surface area contributed by atoms with Crippen molar-refractivity contribution in [1.82, 2.24) is 4.31 Å². The number of carboxylic acids is 1. The molecule has 0 atom stereocenters. The summed E-state index contributed by atoms with van der Waals surface area (Å²) in [4.78, 5) is 11.2. The molecule has 0 heterocycles. The Morgan fingerprint density at radius 3 is 2.45 bits per heavy atom. The van der Waals surface area contributed by atoms with Gasteiger partial charge in [0.05, 0.1) is 10.5 Å². The molecule has 0 aromatic heterocycles.